The zero-order valence-electron chi connectivity index (χ0n) is 8.25. The molecule has 0 aromatic heterocycles. The van der Waals surface area contributed by atoms with E-state index in [0.29, 0.717) is 11.8 Å². The number of aliphatic imine (C=N–C) groups is 2. The van der Waals surface area contributed by atoms with Crippen LogP contribution in [0.3, 0.4) is 0 Å². The topological polar surface area (TPSA) is 58.9 Å². The van der Waals surface area contributed by atoms with E-state index in [-0.39, 0.29) is 0 Å². The van der Waals surface area contributed by atoms with Crippen molar-refractivity contribution >= 4 is 35.7 Å². The van der Waals surface area contributed by atoms with Crippen molar-refractivity contribution in [3.05, 3.63) is 24.3 Å². The molecule has 0 heterocycles. The maximum absolute atomic E-state index is 9.92. The maximum atomic E-state index is 9.92. The third-order valence-corrected chi connectivity index (χ3v) is 3.53. The fraction of sp³-hybridized carbons (Fsp3) is 0.200. The van der Waals surface area contributed by atoms with E-state index in [9.17, 15) is 9.59 Å². The summed E-state index contributed by atoms with van der Waals surface area (Å²) >= 11 is 2.88. The van der Waals surface area contributed by atoms with Crippen molar-refractivity contribution < 1.29 is 9.59 Å². The van der Waals surface area contributed by atoms with Gasteiger partial charge in [0.15, 0.2) is 0 Å². The van der Waals surface area contributed by atoms with E-state index in [4.69, 9.17) is 0 Å². The van der Waals surface area contributed by atoms with Gasteiger partial charge in [0.2, 0.25) is 12.2 Å². The minimum atomic E-state index is 0.345. The summed E-state index contributed by atoms with van der Waals surface area (Å²) in [6.45, 7) is 0. The molecule has 0 aliphatic carbocycles. The van der Waals surface area contributed by atoms with Crippen molar-refractivity contribution in [2.24, 2.45) is 9.98 Å². The highest BCUT2D eigenvalue weighted by Crippen LogP contribution is 2.30. The summed E-state index contributed by atoms with van der Waals surface area (Å²) < 4.78 is 0. The van der Waals surface area contributed by atoms with Gasteiger partial charge >= 0.3 is 0 Å². The van der Waals surface area contributed by atoms with Gasteiger partial charge in [-0.05, 0) is 12.1 Å². The van der Waals surface area contributed by atoms with Crippen LogP contribution >= 0.6 is 23.5 Å². The first-order valence-electron chi connectivity index (χ1n) is 4.30. The molecule has 6 heteroatoms. The second-order valence-corrected chi connectivity index (χ2v) is 4.47. The molecule has 0 saturated heterocycles. The lowest BCUT2D eigenvalue weighted by Gasteiger charge is -2.04. The van der Waals surface area contributed by atoms with Gasteiger partial charge < -0.3 is 0 Å². The lowest BCUT2D eigenvalue weighted by molar-refractivity contribution is 0.563. The van der Waals surface area contributed by atoms with Gasteiger partial charge in [-0.1, -0.05) is 12.1 Å². The largest absolute Gasteiger partial charge is 0.235 e. The molecule has 0 amide bonds. The molecule has 0 unspecified atom stereocenters. The fourth-order valence-electron chi connectivity index (χ4n) is 0.945. The zero-order chi connectivity index (χ0) is 11.6. The van der Waals surface area contributed by atoms with Crippen molar-refractivity contribution in [2.45, 2.75) is 9.79 Å². The summed E-state index contributed by atoms with van der Waals surface area (Å²) in [6.07, 6.45) is 2.97. The summed E-state index contributed by atoms with van der Waals surface area (Å²) in [7, 11) is 0. The Labute approximate surface area is 101 Å². The summed E-state index contributed by atoms with van der Waals surface area (Å²) in [5.41, 5.74) is 0. The van der Waals surface area contributed by atoms with E-state index in [0.717, 1.165) is 9.79 Å². The van der Waals surface area contributed by atoms with E-state index >= 15 is 0 Å². The quantitative estimate of drug-likeness (QED) is 0.443. The highest BCUT2D eigenvalue weighted by Gasteiger charge is 2.01. The molecule has 0 atom stereocenters. The Bertz CT molecular complexity index is 397. The maximum Gasteiger partial charge on any atom is 0.235 e. The predicted octanol–water partition coefficient (Wildman–Crippen LogP) is 2.46. The zero-order valence-corrected chi connectivity index (χ0v) is 9.88. The molecule has 4 nitrogen and oxygen atoms in total. The lowest BCUT2D eigenvalue weighted by atomic mass is 10.4. The van der Waals surface area contributed by atoms with Crippen molar-refractivity contribution in [2.75, 3.05) is 11.8 Å². The minimum Gasteiger partial charge on any atom is -0.211 e. The Morgan fingerprint density at radius 1 is 0.938 bits per heavy atom. The Hall–Kier alpha value is -1.32. The van der Waals surface area contributed by atoms with Crippen molar-refractivity contribution in [3.8, 4) is 0 Å². The summed E-state index contributed by atoms with van der Waals surface area (Å²) in [4.78, 5) is 28.8. The van der Waals surface area contributed by atoms with E-state index < -0.39 is 0 Å². The van der Waals surface area contributed by atoms with Gasteiger partial charge in [-0.3, -0.25) is 0 Å². The summed E-state index contributed by atoms with van der Waals surface area (Å²) in [6, 6.07) is 7.66. The highest BCUT2D eigenvalue weighted by molar-refractivity contribution is 8.02. The first-order valence-corrected chi connectivity index (χ1v) is 6.27. The molecule has 1 rings (SSSR count). The molecular formula is C10H8N2O2S2. The molecule has 16 heavy (non-hydrogen) atoms. The van der Waals surface area contributed by atoms with Gasteiger partial charge in [0.25, 0.3) is 0 Å². The molecule has 1 aromatic rings. The van der Waals surface area contributed by atoms with Crippen LogP contribution in [0.1, 0.15) is 0 Å². The van der Waals surface area contributed by atoms with Crippen LogP contribution < -0.4 is 0 Å². The SMILES string of the molecule is O=C=NCSc1ccccc1SCN=C=O. The van der Waals surface area contributed by atoms with Gasteiger partial charge in [0.05, 0.1) is 0 Å². The van der Waals surface area contributed by atoms with Crippen LogP contribution in [0.25, 0.3) is 0 Å². The first-order chi connectivity index (χ1) is 7.88. The Kier molecular flexibility index (Phi) is 6.30. The number of hydrogen-bond acceptors (Lipinski definition) is 6. The third kappa shape index (κ3) is 4.47. The first kappa shape index (κ1) is 12.7. The van der Waals surface area contributed by atoms with Crippen LogP contribution in [0.2, 0.25) is 0 Å². The molecule has 0 aliphatic heterocycles. The monoisotopic (exact) mass is 252 g/mol. The van der Waals surface area contributed by atoms with Crippen LogP contribution in [0.4, 0.5) is 0 Å². The third-order valence-electron chi connectivity index (χ3n) is 1.55. The molecule has 0 radical (unpaired) electrons. The van der Waals surface area contributed by atoms with Crippen LogP contribution in [-0.2, 0) is 9.59 Å². The Morgan fingerprint density at radius 3 is 1.75 bits per heavy atom. The highest BCUT2D eigenvalue weighted by atomic mass is 32.2. The second kappa shape index (κ2) is 7.91. The molecule has 0 saturated carbocycles. The number of benzene rings is 1. The van der Waals surface area contributed by atoms with E-state index in [1.807, 2.05) is 24.3 Å². The van der Waals surface area contributed by atoms with Crippen LogP contribution in [0, 0.1) is 0 Å². The number of rotatable bonds is 6. The van der Waals surface area contributed by atoms with Gasteiger partial charge in [0.1, 0.15) is 11.8 Å². The van der Waals surface area contributed by atoms with E-state index in [1.165, 1.54) is 35.7 Å². The predicted molar refractivity (Wildman–Crippen MR) is 64.1 cm³/mol. The van der Waals surface area contributed by atoms with Gasteiger partial charge in [-0.15, -0.1) is 23.5 Å². The van der Waals surface area contributed by atoms with Crippen LogP contribution in [-0.4, -0.2) is 23.9 Å². The molecule has 1 aromatic carbocycles. The van der Waals surface area contributed by atoms with Crippen molar-refractivity contribution in [3.63, 3.8) is 0 Å². The average molecular weight is 252 g/mol. The lowest BCUT2D eigenvalue weighted by Crippen LogP contribution is -1.81. The van der Waals surface area contributed by atoms with Crippen molar-refractivity contribution in [1.82, 2.24) is 0 Å². The Balaban J connectivity index is 2.66. The number of nitrogens with zero attached hydrogens (tertiary/aromatic N) is 2. The average Bonchev–Trinajstić information content (AvgIpc) is 2.32. The number of hydrogen-bond donors (Lipinski definition) is 0. The number of thioether (sulfide) groups is 2. The van der Waals surface area contributed by atoms with Gasteiger partial charge in [-0.2, -0.15) is 9.98 Å². The van der Waals surface area contributed by atoms with Gasteiger partial charge in [0, 0.05) is 9.79 Å². The van der Waals surface area contributed by atoms with E-state index in [2.05, 4.69) is 9.98 Å². The summed E-state index contributed by atoms with van der Waals surface area (Å²) in [5, 5.41) is 0. The molecule has 0 spiro atoms. The van der Waals surface area contributed by atoms with E-state index in [1.54, 1.807) is 0 Å². The molecule has 0 N–H and O–H groups in total. The number of carbonyl (C=O) groups excluding carboxylic acids is 2. The number of isocyanates is 2. The van der Waals surface area contributed by atoms with Crippen molar-refractivity contribution in [1.29, 1.82) is 0 Å². The minimum absolute atomic E-state index is 0.345. The van der Waals surface area contributed by atoms with Crippen LogP contribution in [0.15, 0.2) is 44.0 Å². The molecule has 82 valence electrons. The smallest absolute Gasteiger partial charge is 0.211 e. The fourth-order valence-corrected chi connectivity index (χ4v) is 2.58. The molecule has 0 fully saturated rings. The summed E-state index contributed by atoms with van der Waals surface area (Å²) in [5.74, 6) is 0.691. The van der Waals surface area contributed by atoms with Gasteiger partial charge in [-0.25, -0.2) is 9.59 Å². The second-order valence-electron chi connectivity index (χ2n) is 2.49. The normalized spacial score (nSPS) is 9.00. The standard InChI is InChI=1S/C10H8N2O2S2/c13-5-11-7-15-9-3-1-2-4-10(9)16-8-12-6-14/h1-4H,7-8H2. The van der Waals surface area contributed by atoms with Crippen LogP contribution in [0.5, 0.6) is 0 Å². The molecule has 0 aliphatic rings. The Morgan fingerprint density at radius 2 is 1.38 bits per heavy atom. The molecule has 0 bridgehead atoms. The molecular weight excluding hydrogens is 244 g/mol.